The molecule has 0 bridgehead atoms. The third kappa shape index (κ3) is 9.45. The van der Waals surface area contributed by atoms with E-state index in [4.69, 9.17) is 10.7 Å². The van der Waals surface area contributed by atoms with Crippen molar-refractivity contribution in [3.05, 3.63) is 71.1 Å². The molecule has 4 fully saturated rings. The normalized spacial score (nSPS) is 19.7. The fourth-order valence-electron chi connectivity index (χ4n) is 9.17. The highest BCUT2D eigenvalue weighted by atomic mass is 32.2. The summed E-state index contributed by atoms with van der Waals surface area (Å²) in [5.74, 6) is -1.51. The number of nitrogens with one attached hydrogen (secondary N) is 2. The van der Waals surface area contributed by atoms with Crippen molar-refractivity contribution in [2.24, 2.45) is 11.8 Å². The van der Waals surface area contributed by atoms with Gasteiger partial charge < -0.3 is 20.4 Å². The number of hydrogen-bond acceptors (Lipinski definition) is 12. The number of nitrogen functional groups attached to an aromatic ring is 1. The van der Waals surface area contributed by atoms with Crippen LogP contribution in [0.1, 0.15) is 87.1 Å². The van der Waals surface area contributed by atoms with Crippen molar-refractivity contribution in [2.75, 3.05) is 60.4 Å². The summed E-state index contributed by atoms with van der Waals surface area (Å²) in [6, 6.07) is 14.2. The molecule has 0 saturated carbocycles. The maximum absolute atomic E-state index is 16.1. The van der Waals surface area contributed by atoms with Gasteiger partial charge in [-0.2, -0.15) is 0 Å². The minimum Gasteiger partial charge on any atom is -0.371 e. The van der Waals surface area contributed by atoms with E-state index in [1.807, 2.05) is 34.1 Å². The van der Waals surface area contributed by atoms with Crippen LogP contribution in [-0.2, 0) is 29.2 Å². The molecule has 4 aliphatic rings. The van der Waals surface area contributed by atoms with Crippen LogP contribution in [-0.4, -0.2) is 102 Å². The molecule has 328 valence electrons. The van der Waals surface area contributed by atoms with Gasteiger partial charge in [0.05, 0.1) is 38.6 Å². The van der Waals surface area contributed by atoms with E-state index in [0.717, 1.165) is 42.2 Å². The molecule has 4 amide bonds. The zero-order chi connectivity index (χ0) is 43.5. The number of imide groups is 1. The Hall–Kier alpha value is -5.49. The Balaban J connectivity index is 0.844. The highest BCUT2D eigenvalue weighted by Gasteiger charge is 2.36. The average Bonchev–Trinajstić information content (AvgIpc) is 3.72. The average molecular weight is 886 g/mol. The van der Waals surface area contributed by atoms with E-state index in [0.29, 0.717) is 87.4 Å². The molecule has 2 aromatic heterocycles. The third-order valence-electron chi connectivity index (χ3n) is 12.6. The number of nitrogens with zero attached hydrogens (tertiary/aromatic N) is 6. The van der Waals surface area contributed by atoms with Crippen LogP contribution in [0.2, 0.25) is 0 Å². The summed E-state index contributed by atoms with van der Waals surface area (Å²) >= 11 is 1.39. The summed E-state index contributed by atoms with van der Waals surface area (Å²) in [6.45, 7) is 5.47. The highest BCUT2D eigenvalue weighted by molar-refractivity contribution is 7.92. The van der Waals surface area contributed by atoms with Gasteiger partial charge in [0.25, 0.3) is 0 Å². The van der Waals surface area contributed by atoms with Crippen LogP contribution in [0.15, 0.2) is 54.7 Å². The molecule has 0 aliphatic carbocycles. The number of aromatic nitrogens is 3. The summed E-state index contributed by atoms with van der Waals surface area (Å²) < 4.78 is 43.5. The quantitative estimate of drug-likeness (QED) is 0.160. The minimum absolute atomic E-state index is 0.00752. The van der Waals surface area contributed by atoms with Crippen molar-refractivity contribution in [2.45, 2.75) is 76.5 Å². The molecule has 4 aromatic rings. The van der Waals surface area contributed by atoms with Crippen molar-refractivity contribution in [1.82, 2.24) is 30.1 Å². The second-order valence-electron chi connectivity index (χ2n) is 16.7. The van der Waals surface area contributed by atoms with Gasteiger partial charge >= 0.3 is 0 Å². The lowest BCUT2D eigenvalue weighted by Crippen LogP contribution is -2.48. The Labute approximate surface area is 364 Å². The molecule has 4 aliphatic heterocycles. The Morgan fingerprint density at radius 3 is 2.15 bits per heavy atom. The number of likely N-dealkylation sites (tertiary alicyclic amines) is 2. The molecular formula is C44H52FN9O6S2. The fraction of sp³-hybridized carbons (Fsp3) is 0.477. The summed E-state index contributed by atoms with van der Waals surface area (Å²) in [7, 11) is -3.74. The first-order valence-electron chi connectivity index (χ1n) is 21.5. The molecule has 8 rings (SSSR count). The lowest BCUT2D eigenvalue weighted by molar-refractivity contribution is -0.143. The van der Waals surface area contributed by atoms with Crippen molar-refractivity contribution in [3.8, 4) is 21.8 Å². The van der Waals surface area contributed by atoms with Crippen LogP contribution in [0, 0.1) is 17.7 Å². The van der Waals surface area contributed by atoms with Crippen LogP contribution in [0.3, 0.4) is 0 Å². The number of halogens is 1. The van der Waals surface area contributed by atoms with Gasteiger partial charge in [-0.1, -0.05) is 25.1 Å². The molecule has 4 N–H and O–H groups in total. The number of nitrogens with two attached hydrogens (primary N) is 1. The first kappa shape index (κ1) is 43.2. The predicted molar refractivity (Wildman–Crippen MR) is 235 cm³/mol. The molecule has 62 heavy (non-hydrogen) atoms. The van der Waals surface area contributed by atoms with Gasteiger partial charge in [0.15, 0.2) is 5.82 Å². The molecule has 4 saturated heterocycles. The summed E-state index contributed by atoms with van der Waals surface area (Å²) in [5.41, 5.74) is 8.68. The Morgan fingerprint density at radius 2 is 1.52 bits per heavy atom. The lowest BCUT2D eigenvalue weighted by Gasteiger charge is -2.39. The predicted octanol–water partition coefficient (Wildman–Crippen LogP) is 5.52. The number of carbonyl (C=O) groups is 4. The molecule has 0 spiro atoms. The van der Waals surface area contributed by atoms with Crippen LogP contribution in [0.25, 0.3) is 21.8 Å². The Kier molecular flexibility index (Phi) is 12.9. The molecule has 6 heterocycles. The van der Waals surface area contributed by atoms with Gasteiger partial charge in [-0.3, -0.25) is 29.2 Å². The van der Waals surface area contributed by atoms with Crippen LogP contribution < -0.4 is 20.7 Å². The van der Waals surface area contributed by atoms with Crippen LogP contribution >= 0.6 is 11.3 Å². The highest BCUT2D eigenvalue weighted by Crippen LogP contribution is 2.43. The Bertz CT molecular complexity index is 2420. The van der Waals surface area contributed by atoms with Gasteiger partial charge in [-0.15, -0.1) is 11.3 Å². The number of sulfonamides is 1. The van der Waals surface area contributed by atoms with Gasteiger partial charge in [0.1, 0.15) is 0 Å². The van der Waals surface area contributed by atoms with Gasteiger partial charge in [0, 0.05) is 80.9 Å². The number of rotatable bonds is 11. The molecule has 15 nitrogen and oxygen atoms in total. The monoisotopic (exact) mass is 885 g/mol. The maximum atomic E-state index is 16.1. The molecule has 1 atom stereocenters. The van der Waals surface area contributed by atoms with Crippen molar-refractivity contribution < 1.29 is 32.0 Å². The number of hydrogen-bond donors (Lipinski definition) is 3. The summed E-state index contributed by atoms with van der Waals surface area (Å²) in [6.07, 6.45) is 6.86. The number of thiazole rings is 1. The number of amides is 4. The van der Waals surface area contributed by atoms with Crippen molar-refractivity contribution >= 4 is 62.3 Å². The van der Waals surface area contributed by atoms with E-state index in [1.165, 1.54) is 23.6 Å². The topological polar surface area (TPSA) is 201 Å². The number of anilines is 3. The second kappa shape index (κ2) is 18.5. The zero-order valence-electron chi connectivity index (χ0n) is 34.7. The van der Waals surface area contributed by atoms with Crippen molar-refractivity contribution in [3.63, 3.8) is 0 Å². The minimum atomic E-state index is -3.74. The molecule has 0 unspecified atom stereocenters. The van der Waals surface area contributed by atoms with Gasteiger partial charge in [-0.25, -0.2) is 27.8 Å². The third-order valence-corrected chi connectivity index (χ3v) is 15.3. The maximum Gasteiger partial charge on any atom is 0.234 e. The van der Waals surface area contributed by atoms with Gasteiger partial charge in [0.2, 0.25) is 39.6 Å². The molecule has 2 aromatic carbocycles. The zero-order valence-corrected chi connectivity index (χ0v) is 36.4. The van der Waals surface area contributed by atoms with E-state index >= 15 is 4.39 Å². The number of benzene rings is 2. The van der Waals surface area contributed by atoms with Crippen LogP contribution in [0.4, 0.5) is 21.7 Å². The first-order valence-corrected chi connectivity index (χ1v) is 24.0. The second-order valence-corrected chi connectivity index (χ2v) is 19.5. The summed E-state index contributed by atoms with van der Waals surface area (Å²) in [4.78, 5) is 71.4. The molecule has 18 heteroatoms. The smallest absolute Gasteiger partial charge is 0.234 e. The SMILES string of the molecule is CCCS(=O)(=O)Nc1cccc(-c2nc(C3CCN(C(=O)C4CCN(C(=O)C5CCN(c6ccc([C@H]7CCC(=O)NC7=O)cc6)CC5)CC4)CC3)sc2-c2ccnc(N)n2)c1F. The van der Waals surface area contributed by atoms with E-state index in [2.05, 4.69) is 24.9 Å². The van der Waals surface area contributed by atoms with Crippen molar-refractivity contribution in [1.29, 1.82) is 0 Å². The van der Waals surface area contributed by atoms with E-state index in [9.17, 15) is 27.6 Å². The van der Waals surface area contributed by atoms with E-state index in [1.54, 1.807) is 25.1 Å². The first-order chi connectivity index (χ1) is 29.9. The summed E-state index contributed by atoms with van der Waals surface area (Å²) in [5, 5.41) is 3.20. The largest absolute Gasteiger partial charge is 0.371 e. The molecular weight excluding hydrogens is 834 g/mol. The number of piperidine rings is 4. The van der Waals surface area contributed by atoms with Gasteiger partial charge in [-0.05, 0) is 87.3 Å². The van der Waals surface area contributed by atoms with E-state index < -0.39 is 15.8 Å². The molecule has 0 radical (unpaired) electrons. The Morgan fingerprint density at radius 1 is 0.871 bits per heavy atom. The fourth-order valence-corrected chi connectivity index (χ4v) is 11.5. The van der Waals surface area contributed by atoms with Crippen LogP contribution in [0.5, 0.6) is 0 Å². The standard InChI is InChI=1S/C44H52FN9O6S2/c1-2-26-62(59,60)51-34-5-3-4-33(37(34)45)38-39(35-12-19-47-44(46)48-35)61-41(50-38)28-13-22-53(23-14-28)43(58)30-17-24-54(25-18-30)42(57)29-15-20-52(21-16-29)31-8-6-27(7-9-31)32-10-11-36(55)49-40(32)56/h3-9,12,19,28-30,32,51H,2,10-11,13-18,20-26H2,1H3,(H2,46,47,48)(H,49,55,56)/t32-/m1/s1. The number of carbonyl (C=O) groups excluding carboxylic acids is 4. The van der Waals surface area contributed by atoms with E-state index in [-0.39, 0.29) is 70.3 Å². The lowest BCUT2D eigenvalue weighted by atomic mass is 9.89.